The minimum atomic E-state index is -0.223. The van der Waals surface area contributed by atoms with Crippen molar-refractivity contribution in [2.45, 2.75) is 46.0 Å². The Morgan fingerprint density at radius 2 is 1.96 bits per heavy atom. The minimum Gasteiger partial charge on any atom is -0.494 e. The van der Waals surface area contributed by atoms with Crippen molar-refractivity contribution in [3.05, 3.63) is 41.7 Å². The Bertz CT molecular complexity index is 639. The molecular weight excluding hydrogens is 292 g/mol. The SMILES string of the molecule is CCCCOc1ccc(C(=O)Nc2cc(C(C)(C)C)on2)cc1. The zero-order valence-corrected chi connectivity index (χ0v) is 14.2. The van der Waals surface area contributed by atoms with Crippen molar-refractivity contribution < 1.29 is 14.1 Å². The first kappa shape index (κ1) is 17.1. The van der Waals surface area contributed by atoms with E-state index < -0.39 is 0 Å². The molecule has 2 aromatic rings. The standard InChI is InChI=1S/C18H24N2O3/c1-5-6-11-22-14-9-7-13(8-10-14)17(21)19-16-12-15(23-20-16)18(2,3)4/h7-10,12H,5-6,11H2,1-4H3,(H,19,20,21). The minimum absolute atomic E-state index is 0.145. The highest BCUT2D eigenvalue weighted by molar-refractivity contribution is 6.03. The smallest absolute Gasteiger partial charge is 0.256 e. The summed E-state index contributed by atoms with van der Waals surface area (Å²) >= 11 is 0. The zero-order valence-electron chi connectivity index (χ0n) is 14.2. The first-order valence-electron chi connectivity index (χ1n) is 7.91. The number of ether oxygens (including phenoxy) is 1. The molecule has 0 aliphatic rings. The summed E-state index contributed by atoms with van der Waals surface area (Å²) in [6.45, 7) is 8.88. The second-order valence-electron chi connectivity index (χ2n) is 6.51. The highest BCUT2D eigenvalue weighted by atomic mass is 16.5. The van der Waals surface area contributed by atoms with Crippen LogP contribution in [0.2, 0.25) is 0 Å². The molecule has 0 unspecified atom stereocenters. The second kappa shape index (κ2) is 7.31. The van der Waals surface area contributed by atoms with Gasteiger partial charge in [-0.2, -0.15) is 0 Å². The fourth-order valence-electron chi connectivity index (χ4n) is 1.91. The van der Waals surface area contributed by atoms with Crippen molar-refractivity contribution >= 4 is 11.7 Å². The average molecular weight is 316 g/mol. The molecule has 0 saturated carbocycles. The first-order valence-corrected chi connectivity index (χ1v) is 7.91. The Labute approximate surface area is 137 Å². The molecule has 1 N–H and O–H groups in total. The number of rotatable bonds is 6. The Morgan fingerprint density at radius 1 is 1.26 bits per heavy atom. The van der Waals surface area contributed by atoms with Crippen LogP contribution in [0.3, 0.4) is 0 Å². The van der Waals surface area contributed by atoms with Crippen molar-refractivity contribution in [3.8, 4) is 5.75 Å². The molecule has 0 atom stereocenters. The molecule has 0 bridgehead atoms. The van der Waals surface area contributed by atoms with E-state index in [-0.39, 0.29) is 11.3 Å². The van der Waals surface area contributed by atoms with E-state index in [1.54, 1.807) is 30.3 Å². The quantitative estimate of drug-likeness (QED) is 0.802. The van der Waals surface area contributed by atoms with Crippen LogP contribution in [0.5, 0.6) is 5.75 Å². The van der Waals surface area contributed by atoms with Crippen LogP contribution in [0.1, 0.15) is 56.7 Å². The van der Waals surface area contributed by atoms with Gasteiger partial charge in [0, 0.05) is 17.0 Å². The van der Waals surface area contributed by atoms with E-state index in [1.165, 1.54) is 0 Å². The molecule has 1 heterocycles. The maximum Gasteiger partial charge on any atom is 0.256 e. The maximum absolute atomic E-state index is 12.2. The highest BCUT2D eigenvalue weighted by Crippen LogP contribution is 2.24. The Hall–Kier alpha value is -2.30. The fraction of sp³-hybridized carbons (Fsp3) is 0.444. The summed E-state index contributed by atoms with van der Waals surface area (Å²) in [5.41, 5.74) is 0.404. The van der Waals surface area contributed by atoms with Crippen LogP contribution in [0.25, 0.3) is 0 Å². The van der Waals surface area contributed by atoms with E-state index >= 15 is 0 Å². The normalized spacial score (nSPS) is 11.3. The number of carbonyl (C=O) groups excluding carboxylic acids is 1. The van der Waals surface area contributed by atoms with E-state index in [0.717, 1.165) is 24.4 Å². The van der Waals surface area contributed by atoms with Gasteiger partial charge in [-0.05, 0) is 30.7 Å². The van der Waals surface area contributed by atoms with E-state index in [1.807, 2.05) is 20.8 Å². The van der Waals surface area contributed by atoms with Gasteiger partial charge in [-0.1, -0.05) is 39.3 Å². The summed E-state index contributed by atoms with van der Waals surface area (Å²) in [6, 6.07) is 8.82. The average Bonchev–Trinajstić information content (AvgIpc) is 2.97. The van der Waals surface area contributed by atoms with Crippen LogP contribution in [0.15, 0.2) is 34.9 Å². The van der Waals surface area contributed by atoms with E-state index in [2.05, 4.69) is 17.4 Å². The predicted octanol–water partition coefficient (Wildman–Crippen LogP) is 4.40. The molecule has 1 aromatic heterocycles. The van der Waals surface area contributed by atoms with Crippen molar-refractivity contribution in [2.24, 2.45) is 0 Å². The van der Waals surface area contributed by atoms with Gasteiger partial charge in [0.05, 0.1) is 6.61 Å². The molecule has 0 fully saturated rings. The van der Waals surface area contributed by atoms with Crippen LogP contribution in [0, 0.1) is 0 Å². The van der Waals surface area contributed by atoms with Gasteiger partial charge < -0.3 is 14.6 Å². The summed E-state index contributed by atoms with van der Waals surface area (Å²) in [7, 11) is 0. The largest absolute Gasteiger partial charge is 0.494 e. The molecular formula is C18H24N2O3. The zero-order chi connectivity index (χ0) is 16.9. The summed E-state index contributed by atoms with van der Waals surface area (Å²) in [5.74, 6) is 1.70. The van der Waals surface area contributed by atoms with Crippen molar-refractivity contribution in [3.63, 3.8) is 0 Å². The summed E-state index contributed by atoms with van der Waals surface area (Å²) < 4.78 is 10.8. The number of carbonyl (C=O) groups is 1. The Kier molecular flexibility index (Phi) is 5.42. The summed E-state index contributed by atoms with van der Waals surface area (Å²) in [5, 5.41) is 6.62. The molecule has 0 aliphatic carbocycles. The van der Waals surface area contributed by atoms with Gasteiger partial charge in [0.2, 0.25) is 0 Å². The van der Waals surface area contributed by atoms with Crippen LogP contribution in [-0.2, 0) is 5.41 Å². The van der Waals surface area contributed by atoms with Crippen LogP contribution in [-0.4, -0.2) is 17.7 Å². The van der Waals surface area contributed by atoms with Gasteiger partial charge in [-0.15, -0.1) is 0 Å². The molecule has 1 amide bonds. The molecule has 2 rings (SSSR count). The van der Waals surface area contributed by atoms with Crippen molar-refractivity contribution in [2.75, 3.05) is 11.9 Å². The van der Waals surface area contributed by atoms with Gasteiger partial charge in [-0.3, -0.25) is 4.79 Å². The van der Waals surface area contributed by atoms with Crippen LogP contribution >= 0.6 is 0 Å². The van der Waals surface area contributed by atoms with Gasteiger partial charge in [0.1, 0.15) is 11.5 Å². The molecule has 0 radical (unpaired) electrons. The van der Waals surface area contributed by atoms with E-state index in [4.69, 9.17) is 9.26 Å². The Balaban J connectivity index is 1.96. The molecule has 0 saturated heterocycles. The van der Waals surface area contributed by atoms with E-state index in [0.29, 0.717) is 18.0 Å². The third kappa shape index (κ3) is 4.84. The van der Waals surface area contributed by atoms with Gasteiger partial charge in [0.15, 0.2) is 5.82 Å². The summed E-state index contributed by atoms with van der Waals surface area (Å²) in [6.07, 6.45) is 2.11. The highest BCUT2D eigenvalue weighted by Gasteiger charge is 2.20. The second-order valence-corrected chi connectivity index (χ2v) is 6.51. The number of amides is 1. The number of benzene rings is 1. The monoisotopic (exact) mass is 316 g/mol. The van der Waals surface area contributed by atoms with Crippen LogP contribution in [0.4, 0.5) is 5.82 Å². The molecule has 1 aromatic carbocycles. The lowest BCUT2D eigenvalue weighted by atomic mass is 9.93. The van der Waals surface area contributed by atoms with Crippen LogP contribution < -0.4 is 10.1 Å². The van der Waals surface area contributed by atoms with E-state index in [9.17, 15) is 4.79 Å². The van der Waals surface area contributed by atoms with Gasteiger partial charge in [0.25, 0.3) is 5.91 Å². The number of aromatic nitrogens is 1. The lowest BCUT2D eigenvalue weighted by molar-refractivity contribution is 0.102. The molecule has 5 nitrogen and oxygen atoms in total. The number of hydrogen-bond acceptors (Lipinski definition) is 4. The third-order valence-electron chi connectivity index (χ3n) is 3.37. The summed E-state index contributed by atoms with van der Waals surface area (Å²) in [4.78, 5) is 12.2. The van der Waals surface area contributed by atoms with Crippen molar-refractivity contribution in [1.82, 2.24) is 5.16 Å². The fourth-order valence-corrected chi connectivity index (χ4v) is 1.91. The number of anilines is 1. The lowest BCUT2D eigenvalue weighted by Crippen LogP contribution is -2.12. The number of hydrogen-bond donors (Lipinski definition) is 1. The first-order chi connectivity index (χ1) is 10.9. The van der Waals surface area contributed by atoms with Gasteiger partial charge >= 0.3 is 0 Å². The molecule has 0 aliphatic heterocycles. The lowest BCUT2D eigenvalue weighted by Gasteiger charge is -2.12. The molecule has 124 valence electrons. The maximum atomic E-state index is 12.2. The van der Waals surface area contributed by atoms with Gasteiger partial charge in [-0.25, -0.2) is 0 Å². The Morgan fingerprint density at radius 3 is 2.52 bits per heavy atom. The number of nitrogens with one attached hydrogen (secondary N) is 1. The topological polar surface area (TPSA) is 64.4 Å². The predicted molar refractivity (Wildman–Crippen MR) is 90.0 cm³/mol. The molecule has 0 spiro atoms. The third-order valence-corrected chi connectivity index (χ3v) is 3.37. The number of nitrogens with zero attached hydrogens (tertiary/aromatic N) is 1. The number of unbranched alkanes of at least 4 members (excludes halogenated alkanes) is 1. The molecule has 23 heavy (non-hydrogen) atoms. The van der Waals surface area contributed by atoms with Crippen molar-refractivity contribution in [1.29, 1.82) is 0 Å². The molecule has 5 heteroatoms.